The fourth-order valence-corrected chi connectivity index (χ4v) is 20.0. The maximum Gasteiger partial charge on any atom is 0.230 e. The summed E-state index contributed by atoms with van der Waals surface area (Å²) >= 11 is 5.16. The number of hydrogen-bond donors (Lipinski definition) is 2. The molecule has 17 rings (SSSR count). The Morgan fingerprint density at radius 2 is 0.886 bits per heavy atom. The lowest BCUT2D eigenvalue weighted by atomic mass is 9.82. The molecule has 8 aliphatic carbocycles. The van der Waals surface area contributed by atoms with Crippen molar-refractivity contribution < 1.29 is 28.8 Å². The molecule has 5 fully saturated rings. The second kappa shape index (κ2) is 30.9. The van der Waals surface area contributed by atoms with Crippen molar-refractivity contribution >= 4 is 92.2 Å². The number of fused-ring (bicyclic) bond motifs is 3. The van der Waals surface area contributed by atoms with Crippen LogP contribution in [0.1, 0.15) is 248 Å². The van der Waals surface area contributed by atoms with Gasteiger partial charge >= 0.3 is 0 Å². The number of Topliss-reactive ketones (excluding diaryl/α,β-unsaturated/α-hetero) is 6. The van der Waals surface area contributed by atoms with E-state index in [2.05, 4.69) is 79.5 Å². The smallest absolute Gasteiger partial charge is 0.230 e. The summed E-state index contributed by atoms with van der Waals surface area (Å²) in [7, 11) is 5.74. The van der Waals surface area contributed by atoms with Crippen LogP contribution in [0.2, 0.25) is 0 Å². The lowest BCUT2D eigenvalue weighted by Crippen LogP contribution is -2.20. The van der Waals surface area contributed by atoms with Gasteiger partial charge in [-0.1, -0.05) is 39.5 Å². The lowest BCUT2D eigenvalue weighted by molar-refractivity contribution is -0.120. The number of aryl methyl sites for hydroxylation is 9. The molecule has 3 atom stereocenters. The van der Waals surface area contributed by atoms with Crippen molar-refractivity contribution in [2.75, 3.05) is 10.6 Å². The van der Waals surface area contributed by atoms with Gasteiger partial charge in [-0.2, -0.15) is 15.3 Å². The summed E-state index contributed by atoms with van der Waals surface area (Å²) in [6.07, 6.45) is 31.3. The number of hydrogen-bond acceptors (Lipinski definition) is 20. The van der Waals surface area contributed by atoms with Crippen LogP contribution in [-0.4, -0.2) is 108 Å². The molecule has 8 aliphatic rings. The van der Waals surface area contributed by atoms with Gasteiger partial charge in [-0.25, -0.2) is 0 Å². The lowest BCUT2D eigenvalue weighted by Gasteiger charge is -2.25. The summed E-state index contributed by atoms with van der Waals surface area (Å²) in [5, 5.41) is 45.7. The van der Waals surface area contributed by atoms with Crippen molar-refractivity contribution in [3.63, 3.8) is 0 Å². The van der Waals surface area contributed by atoms with Crippen molar-refractivity contribution in [3.8, 4) is 5.82 Å². The molecule has 0 aliphatic heterocycles. The zero-order chi connectivity index (χ0) is 72.9. The summed E-state index contributed by atoms with van der Waals surface area (Å²) in [5.41, 5.74) is 9.00. The molecule has 9 aromatic rings. The van der Waals surface area contributed by atoms with Crippen LogP contribution in [0.4, 0.5) is 23.5 Å². The molecule has 0 aromatic carbocycles. The first-order valence-electron chi connectivity index (χ1n) is 38.5. The van der Waals surface area contributed by atoms with Crippen LogP contribution in [0.3, 0.4) is 0 Å². The minimum atomic E-state index is 0.146. The van der Waals surface area contributed by atoms with E-state index in [0.29, 0.717) is 79.6 Å². The van der Waals surface area contributed by atoms with Gasteiger partial charge in [-0.3, -0.25) is 56.5 Å². The fourth-order valence-electron chi connectivity index (χ4n) is 15.9. The van der Waals surface area contributed by atoms with E-state index in [1.807, 2.05) is 69.4 Å². The SMILES string of the molecule is Cc1cc(-n2cnnc2C[C@@H]2CCc3sc(CC(=O)C4CC4)c(C(=O)CCC4CC4)c3C2)n(C)n1.Cc1cc(Nc2nncn2[C@@H]2CCc3sc(CC(=O)C4CC4)c(C(=O)CCC(C)C)c3C2)n(C)n1.Cc1cc(Nc2nncn2[C@@H]2CCc3sc(CC(=O)C4CC4)c(C(=O)CCC4CC4)c3C2)n(C)n1. The van der Waals surface area contributed by atoms with Gasteiger partial charge in [-0.05, 0) is 177 Å². The van der Waals surface area contributed by atoms with Gasteiger partial charge in [0.2, 0.25) is 11.9 Å². The third-order valence-corrected chi connectivity index (χ3v) is 26.5. The Morgan fingerprint density at radius 3 is 1.29 bits per heavy atom. The van der Waals surface area contributed by atoms with E-state index in [0.717, 1.165) is 211 Å². The molecular formula is C79H99N17O6S3. The highest BCUT2D eigenvalue weighted by Gasteiger charge is 2.39. The highest BCUT2D eigenvalue weighted by molar-refractivity contribution is 7.13. The second-order valence-corrected chi connectivity index (χ2v) is 35.3. The second-order valence-electron chi connectivity index (χ2n) is 31.8. The van der Waals surface area contributed by atoms with Crippen LogP contribution in [0.5, 0.6) is 0 Å². The minimum absolute atomic E-state index is 0.146. The van der Waals surface area contributed by atoms with Gasteiger partial charge < -0.3 is 10.6 Å². The normalized spacial score (nSPS) is 18.9. The minimum Gasteiger partial charge on any atom is -0.309 e. The Kier molecular flexibility index (Phi) is 21.3. The summed E-state index contributed by atoms with van der Waals surface area (Å²) in [6, 6.07) is 6.31. The first-order chi connectivity index (χ1) is 50.7. The zero-order valence-corrected chi connectivity index (χ0v) is 64.5. The maximum atomic E-state index is 13.5. The zero-order valence-electron chi connectivity index (χ0n) is 62.0. The highest BCUT2D eigenvalue weighted by atomic mass is 32.1. The van der Waals surface area contributed by atoms with E-state index in [9.17, 15) is 28.8 Å². The van der Waals surface area contributed by atoms with Crippen molar-refractivity contribution in [1.29, 1.82) is 0 Å². The third kappa shape index (κ3) is 17.0. The molecular weight excluding hydrogens is 1380 g/mol. The summed E-state index contributed by atoms with van der Waals surface area (Å²) in [6.45, 7) is 10.2. The van der Waals surface area contributed by atoms with Gasteiger partial charge in [-0.15, -0.1) is 64.6 Å². The number of carbonyl (C=O) groups excluding carboxylic acids is 6. The van der Waals surface area contributed by atoms with E-state index < -0.39 is 0 Å². The van der Waals surface area contributed by atoms with E-state index in [1.165, 1.54) is 51.4 Å². The third-order valence-electron chi connectivity index (χ3n) is 22.6. The topological polar surface area (TPSA) is 272 Å². The predicted octanol–water partition coefficient (Wildman–Crippen LogP) is 14.4. The molecule has 554 valence electrons. The molecule has 0 amide bonds. The van der Waals surface area contributed by atoms with E-state index in [1.54, 1.807) is 62.4 Å². The molecule has 9 heterocycles. The molecule has 26 heteroatoms. The fraction of sp³-hybridized carbons (Fsp3) is 0.582. The number of carbonyl (C=O) groups is 6. The predicted molar refractivity (Wildman–Crippen MR) is 405 cm³/mol. The standard InChI is InChI=1S/C27H33N5O2S.C26H32N6O2S.C26H34N6O2S/c1-16-11-26(31(2)30-16)32-15-28-29-25(32)13-18-6-10-23-20(12-18)27(21(33)9-5-17-3-4-17)24(35-23)14-22(34)19-7-8-19;1-15-11-24(31(2)30-15)28-26-29-27-14-32(26)18-8-10-22-19(12-18)25(20(33)9-5-16-3-4-16)23(35-22)13-21(34)17-6-7-17;1-15(2)5-9-20(33)25-19-12-18(8-10-22(19)35-23(25)13-21(34)17-6-7-17)32-14-27-29-26(32)28-24-11-16(3)30-31(24)4/h11,15,17-19H,3-10,12-14H2,1-2H3;11,14,16-18H,3-10,12-13H2,1-2H3,(H,28,29);11,14-15,17-18H,5-10,12-13H2,1-4H3,(H,28,29)/t3*18-/m111/s1. The molecule has 0 unspecified atom stereocenters. The van der Waals surface area contributed by atoms with Crippen LogP contribution < -0.4 is 10.6 Å². The molecule has 0 spiro atoms. The van der Waals surface area contributed by atoms with Crippen LogP contribution >= 0.6 is 34.0 Å². The van der Waals surface area contributed by atoms with Crippen molar-refractivity contribution in [3.05, 3.63) is 123 Å². The monoisotopic (exact) mass is 1480 g/mol. The Labute approximate surface area is 625 Å². The van der Waals surface area contributed by atoms with Gasteiger partial charge in [0.05, 0.1) is 17.1 Å². The van der Waals surface area contributed by atoms with Gasteiger partial charge in [0, 0.05) is 160 Å². The quantitative estimate of drug-likeness (QED) is 0.0396. The number of thiophene rings is 3. The van der Waals surface area contributed by atoms with E-state index in [-0.39, 0.29) is 47.2 Å². The Hall–Kier alpha value is -8.23. The molecule has 23 nitrogen and oxygen atoms in total. The van der Waals surface area contributed by atoms with E-state index in [4.69, 9.17) is 0 Å². The number of anilines is 4. The van der Waals surface area contributed by atoms with Crippen LogP contribution in [0.15, 0.2) is 37.2 Å². The Balaban J connectivity index is 0.000000126. The largest absolute Gasteiger partial charge is 0.309 e. The molecule has 2 N–H and O–H groups in total. The van der Waals surface area contributed by atoms with Crippen LogP contribution in [-0.2, 0) is 99.7 Å². The Morgan fingerprint density at radius 1 is 0.476 bits per heavy atom. The van der Waals surface area contributed by atoms with Crippen LogP contribution in [0, 0.1) is 62.2 Å². The molecule has 105 heavy (non-hydrogen) atoms. The molecule has 0 radical (unpaired) electrons. The van der Waals surface area contributed by atoms with Crippen molar-refractivity contribution in [1.82, 2.24) is 73.6 Å². The van der Waals surface area contributed by atoms with Gasteiger partial charge in [0.1, 0.15) is 59.6 Å². The maximum absolute atomic E-state index is 13.5. The number of nitrogens with one attached hydrogen (secondary N) is 2. The molecule has 0 saturated heterocycles. The van der Waals surface area contributed by atoms with E-state index >= 15 is 0 Å². The van der Waals surface area contributed by atoms with Crippen molar-refractivity contribution in [2.24, 2.45) is 62.6 Å². The molecule has 9 aromatic heterocycles. The number of aromatic nitrogens is 15. The summed E-state index contributed by atoms with van der Waals surface area (Å²) < 4.78 is 11.7. The number of nitrogens with zero attached hydrogens (tertiary/aromatic N) is 15. The summed E-state index contributed by atoms with van der Waals surface area (Å²) in [5.74, 6) is 9.61. The average molecular weight is 1480 g/mol. The highest BCUT2D eigenvalue weighted by Crippen LogP contribution is 2.46. The van der Waals surface area contributed by atoms with Crippen molar-refractivity contribution in [2.45, 2.75) is 233 Å². The first kappa shape index (κ1) is 72.3. The summed E-state index contributed by atoms with van der Waals surface area (Å²) in [4.78, 5) is 85.4. The molecule has 5 saturated carbocycles. The average Bonchev–Trinajstić information content (AvgIpc) is 1.59. The Bertz CT molecular complexity index is 4550. The number of ketones is 6. The number of rotatable bonds is 30. The van der Waals surface area contributed by atoms with Gasteiger partial charge in [0.15, 0.2) is 17.3 Å². The van der Waals surface area contributed by atoms with Crippen LogP contribution in [0.25, 0.3) is 5.82 Å². The van der Waals surface area contributed by atoms with Gasteiger partial charge in [0.25, 0.3) is 0 Å². The molecule has 0 bridgehead atoms. The first-order valence-corrected chi connectivity index (χ1v) is 41.0.